The molecule has 4 aromatic rings. The van der Waals surface area contributed by atoms with Crippen LogP contribution in [0, 0.1) is 6.92 Å². The molecule has 25 heavy (non-hydrogen) atoms. The van der Waals surface area contributed by atoms with E-state index in [4.69, 9.17) is 13.7 Å². The smallest absolute Gasteiger partial charge is 0.326 e. The zero-order chi connectivity index (χ0) is 17.2. The van der Waals surface area contributed by atoms with Crippen molar-refractivity contribution in [2.45, 2.75) is 20.1 Å². The summed E-state index contributed by atoms with van der Waals surface area (Å²) in [5, 5.41) is 4.99. The third kappa shape index (κ3) is 3.06. The number of fused-ring (bicyclic) bond motifs is 1. The SMILES string of the molecule is Cc1cc2ccccc2n1CC(=O)OCc1cc(-c2ccco2)on1. The summed E-state index contributed by atoms with van der Waals surface area (Å²) < 4.78 is 17.7. The number of furan rings is 1. The molecule has 0 aliphatic carbocycles. The zero-order valence-electron chi connectivity index (χ0n) is 13.6. The average Bonchev–Trinajstić information content (AvgIpc) is 3.33. The van der Waals surface area contributed by atoms with Gasteiger partial charge in [0, 0.05) is 17.3 Å². The Morgan fingerprint density at radius 1 is 1.16 bits per heavy atom. The first kappa shape index (κ1) is 15.3. The Balaban J connectivity index is 1.42. The zero-order valence-corrected chi connectivity index (χ0v) is 13.6. The molecule has 0 saturated carbocycles. The van der Waals surface area contributed by atoms with Gasteiger partial charge in [-0.05, 0) is 36.6 Å². The highest BCUT2D eigenvalue weighted by Gasteiger charge is 2.13. The van der Waals surface area contributed by atoms with Crippen LogP contribution in [0.3, 0.4) is 0 Å². The lowest BCUT2D eigenvalue weighted by Crippen LogP contribution is -2.14. The number of benzene rings is 1. The Morgan fingerprint density at radius 3 is 2.88 bits per heavy atom. The topological polar surface area (TPSA) is 70.4 Å². The lowest BCUT2D eigenvalue weighted by atomic mass is 10.2. The summed E-state index contributed by atoms with van der Waals surface area (Å²) in [4.78, 5) is 12.2. The number of esters is 1. The summed E-state index contributed by atoms with van der Waals surface area (Å²) in [6, 6.07) is 15.2. The van der Waals surface area contributed by atoms with E-state index in [1.807, 2.05) is 35.8 Å². The Hall–Kier alpha value is -3.28. The molecular weight excluding hydrogens is 320 g/mol. The van der Waals surface area contributed by atoms with Gasteiger partial charge in [0.15, 0.2) is 5.76 Å². The standard InChI is InChI=1S/C19H16N2O4/c1-13-9-14-5-2-3-6-16(14)21(13)11-19(22)24-12-15-10-18(25-20-15)17-7-4-8-23-17/h2-10H,11-12H2,1H3. The summed E-state index contributed by atoms with van der Waals surface area (Å²) in [6.07, 6.45) is 1.56. The molecule has 3 aromatic heterocycles. The van der Waals surface area contributed by atoms with Crippen LogP contribution >= 0.6 is 0 Å². The van der Waals surface area contributed by atoms with Crippen LogP contribution in [-0.4, -0.2) is 15.7 Å². The number of para-hydroxylation sites is 1. The first-order valence-electron chi connectivity index (χ1n) is 7.90. The van der Waals surface area contributed by atoms with E-state index in [0.717, 1.165) is 16.6 Å². The van der Waals surface area contributed by atoms with Gasteiger partial charge in [-0.25, -0.2) is 0 Å². The van der Waals surface area contributed by atoms with Crippen molar-refractivity contribution in [3.63, 3.8) is 0 Å². The molecule has 0 unspecified atom stereocenters. The van der Waals surface area contributed by atoms with Gasteiger partial charge in [0.2, 0.25) is 5.76 Å². The molecule has 4 rings (SSSR count). The monoisotopic (exact) mass is 336 g/mol. The maximum Gasteiger partial charge on any atom is 0.326 e. The Labute approximate surface area is 143 Å². The molecular formula is C19H16N2O4. The van der Waals surface area contributed by atoms with Gasteiger partial charge in [-0.3, -0.25) is 4.79 Å². The lowest BCUT2D eigenvalue weighted by molar-refractivity contribution is -0.145. The molecule has 0 aliphatic rings. The van der Waals surface area contributed by atoms with Crippen LogP contribution in [0.25, 0.3) is 22.4 Å². The summed E-state index contributed by atoms with van der Waals surface area (Å²) in [5.41, 5.74) is 2.56. The second kappa shape index (κ2) is 6.32. The fraction of sp³-hybridized carbons (Fsp3) is 0.158. The molecule has 3 heterocycles. The quantitative estimate of drug-likeness (QED) is 0.516. The largest absolute Gasteiger partial charge is 0.461 e. The van der Waals surface area contributed by atoms with Crippen molar-refractivity contribution in [2.75, 3.05) is 0 Å². The molecule has 0 atom stereocenters. The minimum absolute atomic E-state index is 0.0568. The first-order valence-corrected chi connectivity index (χ1v) is 7.90. The second-order valence-electron chi connectivity index (χ2n) is 5.75. The molecule has 0 bridgehead atoms. The van der Waals surface area contributed by atoms with Crippen molar-refractivity contribution in [1.82, 2.24) is 9.72 Å². The van der Waals surface area contributed by atoms with Crippen molar-refractivity contribution in [1.29, 1.82) is 0 Å². The third-order valence-corrected chi connectivity index (χ3v) is 4.01. The molecule has 0 amide bonds. The van der Waals surface area contributed by atoms with E-state index < -0.39 is 0 Å². The van der Waals surface area contributed by atoms with Gasteiger partial charge >= 0.3 is 5.97 Å². The van der Waals surface area contributed by atoms with Crippen molar-refractivity contribution >= 4 is 16.9 Å². The van der Waals surface area contributed by atoms with Gasteiger partial charge in [0.1, 0.15) is 18.8 Å². The second-order valence-corrected chi connectivity index (χ2v) is 5.75. The highest BCUT2D eigenvalue weighted by atomic mass is 16.5. The Kier molecular flexibility index (Phi) is 3.85. The maximum atomic E-state index is 12.2. The van der Waals surface area contributed by atoms with Gasteiger partial charge < -0.3 is 18.2 Å². The first-order chi connectivity index (χ1) is 12.2. The minimum atomic E-state index is -0.327. The molecule has 1 aromatic carbocycles. The molecule has 0 radical (unpaired) electrons. The summed E-state index contributed by atoms with van der Waals surface area (Å²) >= 11 is 0. The van der Waals surface area contributed by atoms with E-state index in [0.29, 0.717) is 17.2 Å². The number of carbonyl (C=O) groups is 1. The van der Waals surface area contributed by atoms with Crippen LogP contribution in [0.2, 0.25) is 0 Å². The predicted molar refractivity (Wildman–Crippen MR) is 90.7 cm³/mol. The van der Waals surface area contributed by atoms with E-state index in [1.165, 1.54) is 0 Å². The number of ether oxygens (including phenoxy) is 1. The molecule has 0 spiro atoms. The maximum absolute atomic E-state index is 12.2. The van der Waals surface area contributed by atoms with Crippen LogP contribution in [0.5, 0.6) is 0 Å². The van der Waals surface area contributed by atoms with Crippen molar-refractivity contribution in [3.8, 4) is 11.5 Å². The van der Waals surface area contributed by atoms with E-state index in [2.05, 4.69) is 11.2 Å². The Morgan fingerprint density at radius 2 is 2.04 bits per heavy atom. The van der Waals surface area contributed by atoms with Gasteiger partial charge in [-0.2, -0.15) is 0 Å². The highest BCUT2D eigenvalue weighted by Crippen LogP contribution is 2.21. The van der Waals surface area contributed by atoms with Crippen LogP contribution in [0.4, 0.5) is 0 Å². The third-order valence-electron chi connectivity index (χ3n) is 4.01. The molecule has 0 saturated heterocycles. The predicted octanol–water partition coefficient (Wildman–Crippen LogP) is 3.94. The fourth-order valence-corrected chi connectivity index (χ4v) is 2.80. The number of aromatic nitrogens is 2. The lowest BCUT2D eigenvalue weighted by Gasteiger charge is -2.07. The van der Waals surface area contributed by atoms with E-state index >= 15 is 0 Å². The number of nitrogens with zero attached hydrogens (tertiary/aromatic N) is 2. The van der Waals surface area contributed by atoms with Gasteiger partial charge in [0.25, 0.3) is 0 Å². The van der Waals surface area contributed by atoms with Gasteiger partial charge in [-0.1, -0.05) is 23.4 Å². The summed E-state index contributed by atoms with van der Waals surface area (Å²) in [7, 11) is 0. The number of rotatable bonds is 5. The number of hydrogen-bond acceptors (Lipinski definition) is 5. The highest BCUT2D eigenvalue weighted by molar-refractivity contribution is 5.83. The number of hydrogen-bond donors (Lipinski definition) is 0. The van der Waals surface area contributed by atoms with Crippen LogP contribution in [-0.2, 0) is 22.7 Å². The average molecular weight is 336 g/mol. The van der Waals surface area contributed by atoms with E-state index in [-0.39, 0.29) is 19.1 Å². The summed E-state index contributed by atoms with van der Waals surface area (Å²) in [6.45, 7) is 2.18. The molecule has 6 nitrogen and oxygen atoms in total. The Bertz CT molecular complexity index is 1010. The summed E-state index contributed by atoms with van der Waals surface area (Å²) in [5.74, 6) is 0.759. The number of aryl methyl sites for hydroxylation is 1. The van der Waals surface area contributed by atoms with Crippen LogP contribution in [0.15, 0.2) is 63.7 Å². The minimum Gasteiger partial charge on any atom is -0.461 e. The van der Waals surface area contributed by atoms with E-state index in [9.17, 15) is 4.79 Å². The fourth-order valence-electron chi connectivity index (χ4n) is 2.80. The normalized spacial score (nSPS) is 11.1. The van der Waals surface area contributed by atoms with Gasteiger partial charge in [0.05, 0.1) is 6.26 Å². The van der Waals surface area contributed by atoms with Crippen LogP contribution in [0.1, 0.15) is 11.4 Å². The van der Waals surface area contributed by atoms with Crippen molar-refractivity contribution in [3.05, 3.63) is 66.2 Å². The van der Waals surface area contributed by atoms with E-state index in [1.54, 1.807) is 24.5 Å². The molecule has 0 fully saturated rings. The van der Waals surface area contributed by atoms with Crippen molar-refractivity contribution < 1.29 is 18.5 Å². The molecule has 0 N–H and O–H groups in total. The van der Waals surface area contributed by atoms with Gasteiger partial charge in [-0.15, -0.1) is 0 Å². The molecule has 126 valence electrons. The number of carbonyl (C=O) groups excluding carboxylic acids is 1. The molecule has 0 aliphatic heterocycles. The molecule has 6 heteroatoms. The van der Waals surface area contributed by atoms with Crippen molar-refractivity contribution in [2.24, 2.45) is 0 Å². The van der Waals surface area contributed by atoms with Crippen LogP contribution < -0.4 is 0 Å².